The van der Waals surface area contributed by atoms with Gasteiger partial charge in [-0.15, -0.1) is 11.3 Å². The molecule has 0 unspecified atom stereocenters. The molecule has 1 fully saturated rings. The van der Waals surface area contributed by atoms with Gasteiger partial charge in [0.1, 0.15) is 5.69 Å². The fourth-order valence-electron chi connectivity index (χ4n) is 3.42. The van der Waals surface area contributed by atoms with Gasteiger partial charge in [0.2, 0.25) is 0 Å². The summed E-state index contributed by atoms with van der Waals surface area (Å²) in [5.74, 6) is 0.322. The van der Waals surface area contributed by atoms with Gasteiger partial charge in [-0.05, 0) is 67.7 Å². The molecular formula is C22H24N4OS. The monoisotopic (exact) mass is 392 g/mol. The van der Waals surface area contributed by atoms with Crippen LogP contribution in [-0.4, -0.2) is 24.0 Å². The molecule has 1 aliphatic heterocycles. The number of aromatic nitrogens is 1. The van der Waals surface area contributed by atoms with E-state index < -0.39 is 0 Å². The fraction of sp³-hybridized carbons (Fsp3) is 0.273. The zero-order chi connectivity index (χ0) is 19.3. The van der Waals surface area contributed by atoms with E-state index in [1.54, 1.807) is 11.3 Å². The number of carbonyl (C=O) groups excluding carboxylic acids is 1. The standard InChI is InChI=1S/C22H24N4OS/c23-18-5-1-15(2-6-18)13-16-3-7-19(8-4-16)25-21(27)20-14-28-22(26-20)17-9-11-24-12-10-17/h1-8,14,17,24H,9-13,23H2,(H,25,27). The Morgan fingerprint density at radius 1 is 1.07 bits per heavy atom. The first-order valence-electron chi connectivity index (χ1n) is 9.58. The highest BCUT2D eigenvalue weighted by molar-refractivity contribution is 7.10. The quantitative estimate of drug-likeness (QED) is 0.573. The molecule has 0 saturated carbocycles. The van der Waals surface area contributed by atoms with Crippen molar-refractivity contribution in [2.24, 2.45) is 0 Å². The molecule has 6 heteroatoms. The molecule has 1 amide bonds. The van der Waals surface area contributed by atoms with E-state index in [1.165, 1.54) is 11.1 Å². The molecular weight excluding hydrogens is 368 g/mol. The Kier molecular flexibility index (Phi) is 5.69. The molecule has 144 valence electrons. The highest BCUT2D eigenvalue weighted by atomic mass is 32.1. The first-order valence-corrected chi connectivity index (χ1v) is 10.5. The van der Waals surface area contributed by atoms with Crippen molar-refractivity contribution in [2.75, 3.05) is 24.1 Å². The SMILES string of the molecule is Nc1ccc(Cc2ccc(NC(=O)c3csc(C4CCNCC4)n3)cc2)cc1. The zero-order valence-corrected chi connectivity index (χ0v) is 16.5. The van der Waals surface area contributed by atoms with Gasteiger partial charge in [-0.2, -0.15) is 0 Å². The maximum absolute atomic E-state index is 12.5. The number of nitrogens with two attached hydrogens (primary N) is 1. The molecule has 28 heavy (non-hydrogen) atoms. The molecule has 0 atom stereocenters. The Labute approximate surface area is 169 Å². The van der Waals surface area contributed by atoms with Crippen molar-refractivity contribution in [3.63, 3.8) is 0 Å². The molecule has 2 heterocycles. The van der Waals surface area contributed by atoms with E-state index >= 15 is 0 Å². The summed E-state index contributed by atoms with van der Waals surface area (Å²) in [5, 5.41) is 9.25. The Bertz CT molecular complexity index is 928. The average Bonchev–Trinajstić information content (AvgIpc) is 3.22. The van der Waals surface area contributed by atoms with E-state index in [0.717, 1.165) is 48.7 Å². The number of rotatable bonds is 5. The van der Waals surface area contributed by atoms with Crippen molar-refractivity contribution < 1.29 is 4.79 Å². The number of hydrogen-bond donors (Lipinski definition) is 3. The first-order chi connectivity index (χ1) is 13.7. The molecule has 0 aliphatic carbocycles. The minimum atomic E-state index is -0.150. The third-order valence-electron chi connectivity index (χ3n) is 5.04. The highest BCUT2D eigenvalue weighted by Crippen LogP contribution is 2.28. The number of nitrogens with zero attached hydrogens (tertiary/aromatic N) is 1. The largest absolute Gasteiger partial charge is 0.399 e. The van der Waals surface area contributed by atoms with E-state index in [2.05, 4.69) is 15.6 Å². The average molecular weight is 393 g/mol. The number of anilines is 2. The van der Waals surface area contributed by atoms with Crippen molar-refractivity contribution in [3.8, 4) is 0 Å². The van der Waals surface area contributed by atoms with Crippen molar-refractivity contribution in [1.82, 2.24) is 10.3 Å². The summed E-state index contributed by atoms with van der Waals surface area (Å²) in [6.45, 7) is 2.04. The number of thiazole rings is 1. The van der Waals surface area contributed by atoms with Gasteiger partial charge in [0.25, 0.3) is 5.91 Å². The lowest BCUT2D eigenvalue weighted by molar-refractivity contribution is 0.102. The zero-order valence-electron chi connectivity index (χ0n) is 15.7. The molecule has 1 aromatic heterocycles. The molecule has 0 radical (unpaired) electrons. The summed E-state index contributed by atoms with van der Waals surface area (Å²) in [7, 11) is 0. The highest BCUT2D eigenvalue weighted by Gasteiger charge is 2.20. The number of piperidine rings is 1. The van der Waals surface area contributed by atoms with E-state index in [9.17, 15) is 4.79 Å². The van der Waals surface area contributed by atoms with Crippen molar-refractivity contribution >= 4 is 28.6 Å². The van der Waals surface area contributed by atoms with Gasteiger partial charge in [-0.25, -0.2) is 4.98 Å². The number of amides is 1. The lowest BCUT2D eigenvalue weighted by Gasteiger charge is -2.20. The normalized spacial score (nSPS) is 14.7. The second-order valence-electron chi connectivity index (χ2n) is 7.16. The van der Waals surface area contributed by atoms with Crippen LogP contribution in [0, 0.1) is 0 Å². The number of nitrogen functional groups attached to an aromatic ring is 1. The molecule has 5 nitrogen and oxygen atoms in total. The maximum atomic E-state index is 12.5. The molecule has 0 bridgehead atoms. The number of benzene rings is 2. The van der Waals surface area contributed by atoms with Gasteiger partial charge >= 0.3 is 0 Å². The number of hydrogen-bond acceptors (Lipinski definition) is 5. The van der Waals surface area contributed by atoms with E-state index in [4.69, 9.17) is 5.73 Å². The summed E-state index contributed by atoms with van der Waals surface area (Å²) < 4.78 is 0. The topological polar surface area (TPSA) is 80.0 Å². The van der Waals surface area contributed by atoms with Crippen LogP contribution < -0.4 is 16.4 Å². The molecule has 1 aliphatic rings. The minimum absolute atomic E-state index is 0.150. The van der Waals surface area contributed by atoms with Crippen LogP contribution >= 0.6 is 11.3 Å². The Morgan fingerprint density at radius 2 is 1.71 bits per heavy atom. The second-order valence-corrected chi connectivity index (χ2v) is 8.05. The van der Waals surface area contributed by atoms with E-state index in [1.807, 2.05) is 53.9 Å². The van der Waals surface area contributed by atoms with Gasteiger partial charge in [-0.3, -0.25) is 4.79 Å². The van der Waals surface area contributed by atoms with E-state index in [0.29, 0.717) is 11.6 Å². The van der Waals surface area contributed by atoms with Crippen LogP contribution in [0.3, 0.4) is 0 Å². The lowest BCUT2D eigenvalue weighted by atomic mass is 9.99. The van der Waals surface area contributed by atoms with Crippen LogP contribution in [0.5, 0.6) is 0 Å². The Morgan fingerprint density at radius 3 is 2.39 bits per heavy atom. The lowest BCUT2D eigenvalue weighted by Crippen LogP contribution is -2.26. The van der Waals surface area contributed by atoms with Crippen LogP contribution in [0.4, 0.5) is 11.4 Å². The maximum Gasteiger partial charge on any atom is 0.275 e. The Hall–Kier alpha value is -2.70. The van der Waals surface area contributed by atoms with Crippen LogP contribution in [-0.2, 0) is 6.42 Å². The van der Waals surface area contributed by atoms with Gasteiger partial charge < -0.3 is 16.4 Å². The summed E-state index contributed by atoms with van der Waals surface area (Å²) in [6, 6.07) is 15.8. The second kappa shape index (κ2) is 8.54. The molecule has 4 N–H and O–H groups in total. The van der Waals surface area contributed by atoms with Gasteiger partial charge in [-0.1, -0.05) is 24.3 Å². The summed E-state index contributed by atoms with van der Waals surface area (Å²) in [4.78, 5) is 17.1. The predicted molar refractivity (Wildman–Crippen MR) is 115 cm³/mol. The summed E-state index contributed by atoms with van der Waals surface area (Å²) in [6.07, 6.45) is 3.01. The van der Waals surface area contributed by atoms with Crippen molar-refractivity contribution in [1.29, 1.82) is 0 Å². The van der Waals surface area contributed by atoms with Crippen LogP contribution in [0.2, 0.25) is 0 Å². The van der Waals surface area contributed by atoms with E-state index in [-0.39, 0.29) is 5.91 Å². The third-order valence-corrected chi connectivity index (χ3v) is 6.05. The first kappa shape index (κ1) is 18.7. The third kappa shape index (κ3) is 4.58. The Balaban J connectivity index is 1.36. The van der Waals surface area contributed by atoms with Gasteiger partial charge in [0, 0.05) is 22.7 Å². The number of carbonyl (C=O) groups is 1. The fourth-order valence-corrected chi connectivity index (χ4v) is 4.39. The van der Waals surface area contributed by atoms with Crippen LogP contribution in [0.15, 0.2) is 53.9 Å². The molecule has 4 rings (SSSR count). The minimum Gasteiger partial charge on any atom is -0.399 e. The smallest absolute Gasteiger partial charge is 0.275 e. The van der Waals surface area contributed by atoms with Crippen molar-refractivity contribution in [2.45, 2.75) is 25.2 Å². The summed E-state index contributed by atoms with van der Waals surface area (Å²) >= 11 is 1.59. The van der Waals surface area contributed by atoms with Gasteiger partial charge in [0.05, 0.1) is 5.01 Å². The molecule has 2 aromatic carbocycles. The molecule has 3 aromatic rings. The van der Waals surface area contributed by atoms with Crippen molar-refractivity contribution in [3.05, 3.63) is 75.7 Å². The van der Waals surface area contributed by atoms with Gasteiger partial charge in [0.15, 0.2) is 0 Å². The predicted octanol–water partition coefficient (Wildman–Crippen LogP) is 4.04. The van der Waals surface area contributed by atoms with Crippen LogP contribution in [0.25, 0.3) is 0 Å². The summed E-state index contributed by atoms with van der Waals surface area (Å²) in [5.41, 5.74) is 10.2. The number of nitrogens with one attached hydrogen (secondary N) is 2. The molecule has 0 spiro atoms. The molecule has 1 saturated heterocycles. The van der Waals surface area contributed by atoms with Crippen LogP contribution in [0.1, 0.15) is 45.4 Å².